The third-order valence-electron chi connectivity index (χ3n) is 2.53. The summed E-state index contributed by atoms with van der Waals surface area (Å²) in [7, 11) is 1.94. The highest BCUT2D eigenvalue weighted by Crippen LogP contribution is 2.35. The van der Waals surface area contributed by atoms with Crippen molar-refractivity contribution in [1.29, 1.82) is 0 Å². The third-order valence-corrected chi connectivity index (χ3v) is 4.56. The summed E-state index contributed by atoms with van der Waals surface area (Å²) in [4.78, 5) is 1.12. The van der Waals surface area contributed by atoms with Crippen molar-refractivity contribution in [2.45, 2.75) is 13.0 Å². The Labute approximate surface area is 118 Å². The van der Waals surface area contributed by atoms with Crippen molar-refractivity contribution < 1.29 is 0 Å². The van der Waals surface area contributed by atoms with E-state index in [1.807, 2.05) is 23.2 Å². The zero-order valence-electron chi connectivity index (χ0n) is 9.58. The Morgan fingerprint density at radius 2 is 2.41 bits per heavy atom. The molecule has 0 bridgehead atoms. The van der Waals surface area contributed by atoms with E-state index < -0.39 is 0 Å². The van der Waals surface area contributed by atoms with Gasteiger partial charge in [-0.05, 0) is 33.9 Å². The van der Waals surface area contributed by atoms with Gasteiger partial charge in [0.05, 0.1) is 27.4 Å². The third kappa shape index (κ3) is 2.57. The van der Waals surface area contributed by atoms with E-state index in [0.717, 1.165) is 26.6 Å². The molecule has 92 valence electrons. The first-order chi connectivity index (χ1) is 8.15. The summed E-state index contributed by atoms with van der Waals surface area (Å²) in [6.45, 7) is 2.95. The Kier molecular flexibility index (Phi) is 4.25. The van der Waals surface area contributed by atoms with Gasteiger partial charge in [-0.2, -0.15) is 5.10 Å². The highest BCUT2D eigenvalue weighted by atomic mass is 79.9. The molecule has 2 aromatic rings. The van der Waals surface area contributed by atoms with Crippen LogP contribution in [0.2, 0.25) is 5.02 Å². The van der Waals surface area contributed by atoms with E-state index in [9.17, 15) is 0 Å². The smallest absolute Gasteiger partial charge is 0.0868 e. The van der Waals surface area contributed by atoms with E-state index in [4.69, 9.17) is 11.6 Å². The van der Waals surface area contributed by atoms with Gasteiger partial charge in [0.25, 0.3) is 0 Å². The molecular weight excluding hydrogens is 322 g/mol. The van der Waals surface area contributed by atoms with Crippen LogP contribution in [0.3, 0.4) is 0 Å². The van der Waals surface area contributed by atoms with Crippen LogP contribution in [0.5, 0.6) is 0 Å². The first kappa shape index (κ1) is 13.1. The van der Waals surface area contributed by atoms with E-state index in [1.54, 1.807) is 17.5 Å². The second-order valence-corrected chi connectivity index (χ2v) is 5.83. The van der Waals surface area contributed by atoms with Gasteiger partial charge in [0, 0.05) is 11.9 Å². The number of thiophene rings is 1. The zero-order chi connectivity index (χ0) is 12.4. The quantitative estimate of drug-likeness (QED) is 0.926. The number of nitrogens with zero attached hydrogens (tertiary/aromatic N) is 2. The maximum atomic E-state index is 6.22. The minimum absolute atomic E-state index is 0.0781. The molecule has 1 unspecified atom stereocenters. The van der Waals surface area contributed by atoms with Crippen molar-refractivity contribution in [1.82, 2.24) is 15.1 Å². The second kappa shape index (κ2) is 5.52. The fourth-order valence-corrected chi connectivity index (χ4v) is 3.59. The van der Waals surface area contributed by atoms with Crippen LogP contribution in [-0.4, -0.2) is 16.3 Å². The van der Waals surface area contributed by atoms with Crippen LogP contribution < -0.4 is 5.32 Å². The minimum atomic E-state index is 0.0781. The number of rotatable bonds is 4. The van der Waals surface area contributed by atoms with Gasteiger partial charge in [-0.25, -0.2) is 0 Å². The Bertz CT molecular complexity index is 489. The lowest BCUT2D eigenvalue weighted by Crippen LogP contribution is -2.24. The number of halogens is 2. The summed E-state index contributed by atoms with van der Waals surface area (Å²) in [5.41, 5.74) is 1.09. The molecule has 0 spiro atoms. The van der Waals surface area contributed by atoms with Crippen LogP contribution >= 0.6 is 38.9 Å². The average Bonchev–Trinajstić information content (AvgIpc) is 2.84. The highest BCUT2D eigenvalue weighted by Gasteiger charge is 2.23. The van der Waals surface area contributed by atoms with Gasteiger partial charge in [0.1, 0.15) is 0 Å². The van der Waals surface area contributed by atoms with Crippen molar-refractivity contribution in [2.75, 3.05) is 6.54 Å². The van der Waals surface area contributed by atoms with Crippen LogP contribution in [0, 0.1) is 0 Å². The maximum Gasteiger partial charge on any atom is 0.0868 e. The molecule has 2 aromatic heterocycles. The molecule has 1 atom stereocenters. The molecule has 2 heterocycles. The topological polar surface area (TPSA) is 29.9 Å². The molecule has 1 N–H and O–H groups in total. The number of hydrogen-bond acceptors (Lipinski definition) is 3. The van der Waals surface area contributed by atoms with Crippen LogP contribution in [0.4, 0.5) is 0 Å². The van der Waals surface area contributed by atoms with Gasteiger partial charge in [-0.1, -0.05) is 18.5 Å². The maximum absolute atomic E-state index is 6.22. The van der Waals surface area contributed by atoms with Crippen molar-refractivity contribution in [2.24, 2.45) is 7.05 Å². The van der Waals surface area contributed by atoms with E-state index in [-0.39, 0.29) is 6.04 Å². The average molecular weight is 335 g/mol. The first-order valence-corrected chi connectivity index (χ1v) is 7.33. The predicted octanol–water partition coefficient (Wildman–Crippen LogP) is 3.60. The fourth-order valence-electron chi connectivity index (χ4n) is 1.77. The molecule has 0 aliphatic heterocycles. The zero-order valence-corrected chi connectivity index (χ0v) is 12.7. The molecular formula is C11H13BrClN3S. The van der Waals surface area contributed by atoms with Gasteiger partial charge in [0.2, 0.25) is 0 Å². The van der Waals surface area contributed by atoms with Crippen LogP contribution in [0.25, 0.3) is 0 Å². The monoisotopic (exact) mass is 333 g/mol. The van der Waals surface area contributed by atoms with Crippen LogP contribution in [-0.2, 0) is 7.05 Å². The lowest BCUT2D eigenvalue weighted by molar-refractivity contribution is 0.577. The first-order valence-electron chi connectivity index (χ1n) is 5.28. The van der Waals surface area contributed by atoms with Crippen molar-refractivity contribution in [3.05, 3.63) is 37.7 Å². The Morgan fingerprint density at radius 3 is 2.88 bits per heavy atom. The fraction of sp³-hybridized carbons (Fsp3) is 0.364. The molecule has 0 saturated heterocycles. The largest absolute Gasteiger partial charge is 0.305 e. The van der Waals surface area contributed by atoms with Crippen LogP contribution in [0.15, 0.2) is 22.1 Å². The van der Waals surface area contributed by atoms with Gasteiger partial charge in [0.15, 0.2) is 0 Å². The Morgan fingerprint density at radius 1 is 1.65 bits per heavy atom. The van der Waals surface area contributed by atoms with Crippen molar-refractivity contribution in [3.8, 4) is 0 Å². The molecule has 17 heavy (non-hydrogen) atoms. The number of hydrogen-bond donors (Lipinski definition) is 1. The standard InChI is InChI=1S/C11H13BrClN3S/c1-3-14-9(11-8(13)4-5-17-11)10-7(12)6-15-16(10)2/h4-6,9,14H,3H2,1-2H3. The molecule has 0 aliphatic carbocycles. The molecule has 3 nitrogen and oxygen atoms in total. The molecule has 0 saturated carbocycles. The second-order valence-electron chi connectivity index (χ2n) is 3.62. The molecule has 0 amide bonds. The van der Waals surface area contributed by atoms with E-state index in [1.165, 1.54) is 0 Å². The molecule has 0 fully saturated rings. The summed E-state index contributed by atoms with van der Waals surface area (Å²) in [5.74, 6) is 0. The summed E-state index contributed by atoms with van der Waals surface area (Å²) in [5, 5.41) is 10.5. The highest BCUT2D eigenvalue weighted by molar-refractivity contribution is 9.10. The summed E-state index contributed by atoms with van der Waals surface area (Å²) < 4.78 is 2.86. The lowest BCUT2D eigenvalue weighted by atomic mass is 10.1. The molecule has 2 rings (SSSR count). The van der Waals surface area contributed by atoms with Crippen molar-refractivity contribution in [3.63, 3.8) is 0 Å². The van der Waals surface area contributed by atoms with E-state index >= 15 is 0 Å². The lowest BCUT2D eigenvalue weighted by Gasteiger charge is -2.18. The van der Waals surface area contributed by atoms with Gasteiger partial charge in [-0.15, -0.1) is 11.3 Å². The predicted molar refractivity (Wildman–Crippen MR) is 75.8 cm³/mol. The Balaban J connectivity index is 2.46. The number of aryl methyl sites for hydroxylation is 1. The van der Waals surface area contributed by atoms with Gasteiger partial charge in [-0.3, -0.25) is 4.68 Å². The molecule has 6 heteroatoms. The Hall–Kier alpha value is -0.360. The normalized spacial score (nSPS) is 12.9. The summed E-state index contributed by atoms with van der Waals surface area (Å²) in [6, 6.07) is 2.00. The molecule has 0 aliphatic rings. The molecule has 0 radical (unpaired) electrons. The number of nitrogens with one attached hydrogen (secondary N) is 1. The van der Waals surface area contributed by atoms with Gasteiger partial charge < -0.3 is 5.32 Å². The van der Waals surface area contributed by atoms with Crippen molar-refractivity contribution >= 4 is 38.9 Å². The summed E-state index contributed by atoms with van der Waals surface area (Å²) >= 11 is 11.4. The van der Waals surface area contributed by atoms with Gasteiger partial charge >= 0.3 is 0 Å². The van der Waals surface area contributed by atoms with Crippen LogP contribution in [0.1, 0.15) is 23.5 Å². The minimum Gasteiger partial charge on any atom is -0.305 e. The number of aromatic nitrogens is 2. The summed E-state index contributed by atoms with van der Waals surface area (Å²) in [6.07, 6.45) is 1.81. The van der Waals surface area contributed by atoms with E-state index in [2.05, 4.69) is 33.3 Å². The SMILES string of the molecule is CCNC(c1sccc1Cl)c1c(Br)cnn1C. The molecule has 0 aromatic carbocycles. The van der Waals surface area contributed by atoms with E-state index in [0.29, 0.717) is 0 Å².